The zero-order chi connectivity index (χ0) is 13.0. The van der Waals surface area contributed by atoms with Crippen LogP contribution in [0, 0.1) is 6.92 Å². The molecule has 1 N–H and O–H groups in total. The van der Waals surface area contributed by atoms with Gasteiger partial charge in [0.25, 0.3) is 0 Å². The van der Waals surface area contributed by atoms with Gasteiger partial charge in [-0.25, -0.2) is 4.98 Å². The van der Waals surface area contributed by atoms with Gasteiger partial charge in [0.2, 0.25) is 0 Å². The number of hydrogen-bond donors (Lipinski definition) is 1. The molecule has 0 unspecified atom stereocenters. The zero-order valence-electron chi connectivity index (χ0n) is 11.2. The van der Waals surface area contributed by atoms with Gasteiger partial charge in [-0.2, -0.15) is 5.10 Å². The summed E-state index contributed by atoms with van der Waals surface area (Å²) in [6.45, 7) is 8.09. The predicted molar refractivity (Wildman–Crippen MR) is 74.8 cm³/mol. The lowest BCUT2D eigenvalue weighted by Gasteiger charge is -2.12. The molecule has 0 saturated carbocycles. The lowest BCUT2D eigenvalue weighted by molar-refractivity contribution is 0.448. The van der Waals surface area contributed by atoms with Crippen LogP contribution in [0.25, 0.3) is 0 Å². The van der Waals surface area contributed by atoms with E-state index in [1.165, 1.54) is 10.6 Å². The quantitative estimate of drug-likeness (QED) is 0.871. The van der Waals surface area contributed by atoms with Gasteiger partial charge >= 0.3 is 0 Å². The molecule has 0 saturated heterocycles. The molecule has 98 valence electrons. The molecule has 0 fully saturated rings. The maximum absolute atomic E-state index is 4.55. The van der Waals surface area contributed by atoms with Gasteiger partial charge in [0.05, 0.1) is 23.4 Å². The lowest BCUT2D eigenvalue weighted by atomic mass is 10.3. The highest BCUT2D eigenvalue weighted by Gasteiger charge is 2.05. The average Bonchev–Trinajstić information content (AvgIpc) is 2.95. The second kappa shape index (κ2) is 6.11. The Morgan fingerprint density at radius 3 is 2.94 bits per heavy atom. The number of nitrogens with one attached hydrogen (secondary N) is 1. The highest BCUT2D eigenvalue weighted by atomic mass is 32.1. The SMILES string of the molecule is CCc1nc(CN[C@@H](C)Cn2cc(C)cn2)cs1. The Morgan fingerprint density at radius 1 is 1.50 bits per heavy atom. The van der Waals surface area contributed by atoms with Crippen molar-refractivity contribution in [2.45, 2.75) is 46.3 Å². The van der Waals surface area contributed by atoms with Crippen LogP contribution in [0.15, 0.2) is 17.8 Å². The molecule has 2 aromatic rings. The molecule has 0 bridgehead atoms. The minimum Gasteiger partial charge on any atom is -0.307 e. The summed E-state index contributed by atoms with van der Waals surface area (Å²) in [4.78, 5) is 4.55. The Morgan fingerprint density at radius 2 is 2.33 bits per heavy atom. The number of hydrogen-bond acceptors (Lipinski definition) is 4. The van der Waals surface area contributed by atoms with E-state index in [1.807, 2.05) is 10.9 Å². The van der Waals surface area contributed by atoms with E-state index in [0.717, 1.165) is 25.2 Å². The third-order valence-electron chi connectivity index (χ3n) is 2.76. The summed E-state index contributed by atoms with van der Waals surface area (Å²) >= 11 is 1.74. The Labute approximate surface area is 112 Å². The molecular formula is C13H20N4S. The van der Waals surface area contributed by atoms with Crippen molar-refractivity contribution in [3.8, 4) is 0 Å². The van der Waals surface area contributed by atoms with Crippen molar-refractivity contribution in [3.05, 3.63) is 34.0 Å². The fourth-order valence-corrected chi connectivity index (χ4v) is 2.53. The van der Waals surface area contributed by atoms with Crippen molar-refractivity contribution in [2.24, 2.45) is 0 Å². The largest absolute Gasteiger partial charge is 0.307 e. The molecule has 18 heavy (non-hydrogen) atoms. The van der Waals surface area contributed by atoms with E-state index >= 15 is 0 Å². The molecule has 2 rings (SSSR count). The number of rotatable bonds is 6. The molecule has 4 nitrogen and oxygen atoms in total. The molecule has 0 aliphatic rings. The summed E-state index contributed by atoms with van der Waals surface area (Å²) in [5, 5.41) is 11.1. The molecule has 0 radical (unpaired) electrons. The molecular weight excluding hydrogens is 244 g/mol. The highest BCUT2D eigenvalue weighted by Crippen LogP contribution is 2.10. The molecule has 2 aromatic heterocycles. The zero-order valence-corrected chi connectivity index (χ0v) is 12.0. The highest BCUT2D eigenvalue weighted by molar-refractivity contribution is 7.09. The number of thiazole rings is 1. The van der Waals surface area contributed by atoms with Crippen LogP contribution < -0.4 is 5.32 Å². The van der Waals surface area contributed by atoms with Crippen LogP contribution in [0.1, 0.15) is 30.1 Å². The number of nitrogens with zero attached hydrogens (tertiary/aromatic N) is 3. The van der Waals surface area contributed by atoms with Crippen molar-refractivity contribution >= 4 is 11.3 Å². The van der Waals surface area contributed by atoms with Gasteiger partial charge in [0, 0.05) is 24.2 Å². The van der Waals surface area contributed by atoms with Gasteiger partial charge in [-0.3, -0.25) is 4.68 Å². The van der Waals surface area contributed by atoms with Gasteiger partial charge < -0.3 is 5.32 Å². The summed E-state index contributed by atoms with van der Waals surface area (Å²) < 4.78 is 1.98. The number of aromatic nitrogens is 3. The van der Waals surface area contributed by atoms with E-state index < -0.39 is 0 Å². The van der Waals surface area contributed by atoms with E-state index in [1.54, 1.807) is 11.3 Å². The normalized spacial score (nSPS) is 12.8. The number of aryl methyl sites for hydroxylation is 2. The smallest absolute Gasteiger partial charge is 0.0926 e. The lowest BCUT2D eigenvalue weighted by Crippen LogP contribution is -2.30. The third-order valence-corrected chi connectivity index (χ3v) is 3.80. The summed E-state index contributed by atoms with van der Waals surface area (Å²) in [7, 11) is 0. The minimum absolute atomic E-state index is 0.385. The predicted octanol–water partition coefficient (Wildman–Crippen LogP) is 2.39. The third kappa shape index (κ3) is 3.65. The van der Waals surface area contributed by atoms with Crippen LogP contribution in [0.5, 0.6) is 0 Å². The van der Waals surface area contributed by atoms with E-state index in [-0.39, 0.29) is 0 Å². The summed E-state index contributed by atoms with van der Waals surface area (Å²) in [5.41, 5.74) is 2.34. The van der Waals surface area contributed by atoms with Crippen molar-refractivity contribution in [2.75, 3.05) is 0 Å². The summed E-state index contributed by atoms with van der Waals surface area (Å²) in [6, 6.07) is 0.385. The average molecular weight is 264 g/mol. The maximum atomic E-state index is 4.55. The first kappa shape index (κ1) is 13.2. The first-order chi connectivity index (χ1) is 8.67. The molecule has 0 aliphatic heterocycles. The van der Waals surface area contributed by atoms with Crippen LogP contribution in [0.2, 0.25) is 0 Å². The van der Waals surface area contributed by atoms with Gasteiger partial charge in [-0.05, 0) is 25.8 Å². The molecule has 1 atom stereocenters. The van der Waals surface area contributed by atoms with Gasteiger partial charge in [-0.15, -0.1) is 11.3 Å². The van der Waals surface area contributed by atoms with Crippen molar-refractivity contribution < 1.29 is 0 Å². The Bertz CT molecular complexity index is 489. The van der Waals surface area contributed by atoms with Crippen LogP contribution in [-0.2, 0) is 19.5 Å². The molecule has 5 heteroatoms. The Kier molecular flexibility index (Phi) is 4.49. The second-order valence-corrected chi connectivity index (χ2v) is 5.55. The van der Waals surface area contributed by atoms with Crippen LogP contribution >= 0.6 is 11.3 Å². The topological polar surface area (TPSA) is 42.7 Å². The van der Waals surface area contributed by atoms with Crippen LogP contribution in [0.3, 0.4) is 0 Å². The van der Waals surface area contributed by atoms with Crippen molar-refractivity contribution in [3.63, 3.8) is 0 Å². The molecule has 0 aliphatic carbocycles. The fourth-order valence-electron chi connectivity index (χ4n) is 1.78. The molecule has 0 amide bonds. The van der Waals surface area contributed by atoms with Crippen molar-refractivity contribution in [1.29, 1.82) is 0 Å². The summed E-state index contributed by atoms with van der Waals surface area (Å²) in [6.07, 6.45) is 4.98. The Balaban J connectivity index is 1.79. The monoisotopic (exact) mass is 264 g/mol. The first-order valence-corrected chi connectivity index (χ1v) is 7.21. The molecule has 2 heterocycles. The fraction of sp³-hybridized carbons (Fsp3) is 0.538. The van der Waals surface area contributed by atoms with E-state index in [4.69, 9.17) is 0 Å². The minimum atomic E-state index is 0.385. The van der Waals surface area contributed by atoms with E-state index in [9.17, 15) is 0 Å². The van der Waals surface area contributed by atoms with Gasteiger partial charge in [0.15, 0.2) is 0 Å². The second-order valence-electron chi connectivity index (χ2n) is 4.61. The van der Waals surface area contributed by atoms with E-state index in [0.29, 0.717) is 6.04 Å². The van der Waals surface area contributed by atoms with Gasteiger partial charge in [-0.1, -0.05) is 6.92 Å². The van der Waals surface area contributed by atoms with Crippen LogP contribution in [-0.4, -0.2) is 20.8 Å². The van der Waals surface area contributed by atoms with Crippen molar-refractivity contribution in [1.82, 2.24) is 20.1 Å². The van der Waals surface area contributed by atoms with E-state index in [2.05, 4.69) is 47.7 Å². The van der Waals surface area contributed by atoms with Gasteiger partial charge in [0.1, 0.15) is 0 Å². The molecule has 0 spiro atoms. The van der Waals surface area contributed by atoms with Crippen LogP contribution in [0.4, 0.5) is 0 Å². The standard InChI is InChI=1S/C13H20N4S/c1-4-13-16-12(9-18-13)6-14-11(3)8-17-7-10(2)5-15-17/h5,7,9,11,14H,4,6,8H2,1-3H3/t11-/m0/s1. The summed E-state index contributed by atoms with van der Waals surface area (Å²) in [5.74, 6) is 0. The maximum Gasteiger partial charge on any atom is 0.0926 e. The Hall–Kier alpha value is -1.20. The first-order valence-electron chi connectivity index (χ1n) is 6.33. The molecule has 0 aromatic carbocycles.